The van der Waals surface area contributed by atoms with E-state index in [1.165, 1.54) is 0 Å². The normalized spacial score (nSPS) is 15.8. The van der Waals surface area contributed by atoms with Crippen LogP contribution in [0, 0.1) is 13.8 Å². The quantitative estimate of drug-likeness (QED) is 0.638. The molecule has 1 fully saturated rings. The average Bonchev–Trinajstić information content (AvgIpc) is 2.74. The maximum atomic E-state index is 12.5. The zero-order chi connectivity index (χ0) is 22.2. The monoisotopic (exact) mass is 423 g/mol. The van der Waals surface area contributed by atoms with Gasteiger partial charge in [-0.15, -0.1) is 0 Å². The fourth-order valence-electron chi connectivity index (χ4n) is 3.93. The molecule has 7 nitrogen and oxygen atoms in total. The maximum absolute atomic E-state index is 12.5. The Balaban J connectivity index is 1.33. The second kappa shape index (κ2) is 10.9. The van der Waals surface area contributed by atoms with Gasteiger partial charge in [-0.1, -0.05) is 30.3 Å². The van der Waals surface area contributed by atoms with Gasteiger partial charge in [0.15, 0.2) is 0 Å². The number of piperidine rings is 1. The van der Waals surface area contributed by atoms with E-state index in [9.17, 15) is 9.59 Å². The van der Waals surface area contributed by atoms with Gasteiger partial charge >= 0.3 is 6.03 Å². The Morgan fingerprint density at radius 2 is 1.74 bits per heavy atom. The number of rotatable bonds is 7. The zero-order valence-electron chi connectivity index (χ0n) is 18.6. The number of urea groups is 1. The summed E-state index contributed by atoms with van der Waals surface area (Å²) >= 11 is 0. The molecule has 1 aliphatic rings. The summed E-state index contributed by atoms with van der Waals surface area (Å²) in [5.74, 6) is -0.0560. The van der Waals surface area contributed by atoms with Crippen molar-refractivity contribution in [3.63, 3.8) is 0 Å². The van der Waals surface area contributed by atoms with Crippen LogP contribution in [0.5, 0.6) is 0 Å². The number of aryl methyl sites for hydroxylation is 2. The van der Waals surface area contributed by atoms with Crippen LogP contribution in [0.25, 0.3) is 0 Å². The third-order valence-corrected chi connectivity index (χ3v) is 5.68. The van der Waals surface area contributed by atoms with E-state index in [0.717, 1.165) is 55.1 Å². The number of likely N-dealkylation sites (tertiary alicyclic amines) is 1. The minimum absolute atomic E-state index is 0.0876. The molecule has 1 aromatic heterocycles. The van der Waals surface area contributed by atoms with Gasteiger partial charge in [0.2, 0.25) is 5.91 Å². The number of nitrogens with zero attached hydrogens (tertiary/aromatic N) is 2. The first-order valence-corrected chi connectivity index (χ1v) is 11.0. The van der Waals surface area contributed by atoms with Crippen LogP contribution in [0.3, 0.4) is 0 Å². The molecule has 3 N–H and O–H groups in total. The standard InChI is InChI=1S/C24H33N5O2/c1-17-15-22(16-18(2)26-17)28-24(31)25-11-14-29-12-9-21(10-13-29)27-23(30)19(3)20-7-5-4-6-8-20/h4-8,15-16,19,21H,9-14H2,1-3H3,(H,27,30)(H2,25,26,28,31). The molecule has 0 spiro atoms. The van der Waals surface area contributed by atoms with Crippen molar-refractivity contribution in [2.45, 2.75) is 45.6 Å². The first kappa shape index (κ1) is 22.7. The van der Waals surface area contributed by atoms with Crippen molar-refractivity contribution in [3.8, 4) is 0 Å². The van der Waals surface area contributed by atoms with Crippen LogP contribution in [0.4, 0.5) is 10.5 Å². The molecule has 0 radical (unpaired) electrons. The molecule has 0 saturated carbocycles. The fraction of sp³-hybridized carbons (Fsp3) is 0.458. The minimum atomic E-state index is -0.206. The van der Waals surface area contributed by atoms with Gasteiger partial charge in [0.05, 0.1) is 5.92 Å². The Morgan fingerprint density at radius 1 is 1.10 bits per heavy atom. The van der Waals surface area contributed by atoms with E-state index in [-0.39, 0.29) is 23.9 Å². The van der Waals surface area contributed by atoms with Crippen molar-refractivity contribution in [1.29, 1.82) is 0 Å². The molecule has 3 amide bonds. The van der Waals surface area contributed by atoms with Crippen LogP contribution in [-0.4, -0.2) is 54.0 Å². The Labute approximate surface area is 184 Å². The first-order chi connectivity index (χ1) is 14.9. The molecule has 0 aliphatic carbocycles. The predicted octanol–water partition coefficient (Wildman–Crippen LogP) is 3.20. The number of anilines is 1. The summed E-state index contributed by atoms with van der Waals surface area (Å²) in [6.45, 7) is 8.97. The average molecular weight is 424 g/mol. The summed E-state index contributed by atoms with van der Waals surface area (Å²) in [6.07, 6.45) is 1.85. The molecule has 1 aromatic carbocycles. The second-order valence-corrected chi connectivity index (χ2v) is 8.28. The largest absolute Gasteiger partial charge is 0.353 e. The van der Waals surface area contributed by atoms with Crippen LogP contribution >= 0.6 is 0 Å². The van der Waals surface area contributed by atoms with Crippen molar-refractivity contribution in [1.82, 2.24) is 20.5 Å². The van der Waals surface area contributed by atoms with E-state index in [1.807, 2.05) is 63.2 Å². The maximum Gasteiger partial charge on any atom is 0.319 e. The SMILES string of the molecule is Cc1cc(NC(=O)NCCN2CCC(NC(=O)C(C)c3ccccc3)CC2)cc(C)n1. The number of benzene rings is 1. The Hall–Kier alpha value is -2.93. The fourth-order valence-corrected chi connectivity index (χ4v) is 3.93. The van der Waals surface area contributed by atoms with Gasteiger partial charge in [0.1, 0.15) is 0 Å². The summed E-state index contributed by atoms with van der Waals surface area (Å²) in [4.78, 5) is 31.3. The number of pyridine rings is 1. The van der Waals surface area contributed by atoms with Crippen molar-refractivity contribution in [2.75, 3.05) is 31.5 Å². The molecule has 1 unspecified atom stereocenters. The Bertz CT molecular complexity index is 859. The van der Waals surface area contributed by atoms with E-state index in [1.54, 1.807) is 0 Å². The van der Waals surface area contributed by atoms with Gasteiger partial charge in [-0.25, -0.2) is 4.79 Å². The highest BCUT2D eigenvalue weighted by molar-refractivity contribution is 5.89. The molecule has 2 heterocycles. The second-order valence-electron chi connectivity index (χ2n) is 8.28. The molecular formula is C24H33N5O2. The minimum Gasteiger partial charge on any atom is -0.353 e. The van der Waals surface area contributed by atoms with Gasteiger partial charge in [0.25, 0.3) is 0 Å². The van der Waals surface area contributed by atoms with E-state index >= 15 is 0 Å². The van der Waals surface area contributed by atoms with Gasteiger partial charge in [-0.05, 0) is 51.3 Å². The van der Waals surface area contributed by atoms with Crippen LogP contribution in [-0.2, 0) is 4.79 Å². The lowest BCUT2D eigenvalue weighted by atomic mass is 9.98. The van der Waals surface area contributed by atoms with Crippen molar-refractivity contribution >= 4 is 17.6 Å². The molecule has 1 aliphatic heterocycles. The summed E-state index contributed by atoms with van der Waals surface area (Å²) in [7, 11) is 0. The highest BCUT2D eigenvalue weighted by Gasteiger charge is 2.23. The smallest absolute Gasteiger partial charge is 0.319 e. The lowest BCUT2D eigenvalue weighted by molar-refractivity contribution is -0.123. The molecule has 7 heteroatoms. The molecule has 1 saturated heterocycles. The lowest BCUT2D eigenvalue weighted by Gasteiger charge is -2.32. The molecule has 3 rings (SSSR count). The summed E-state index contributed by atoms with van der Waals surface area (Å²) in [5, 5.41) is 8.97. The summed E-state index contributed by atoms with van der Waals surface area (Å²) in [5.41, 5.74) is 3.55. The van der Waals surface area contributed by atoms with Crippen LogP contribution in [0.15, 0.2) is 42.5 Å². The highest BCUT2D eigenvalue weighted by atomic mass is 16.2. The van der Waals surface area contributed by atoms with Gasteiger partial charge < -0.3 is 20.9 Å². The van der Waals surface area contributed by atoms with Gasteiger partial charge in [-0.3, -0.25) is 9.78 Å². The third kappa shape index (κ3) is 7.07. The molecule has 2 aromatic rings. The third-order valence-electron chi connectivity index (χ3n) is 5.68. The zero-order valence-corrected chi connectivity index (χ0v) is 18.6. The summed E-state index contributed by atoms with van der Waals surface area (Å²) < 4.78 is 0. The van der Waals surface area contributed by atoms with Crippen LogP contribution in [0.2, 0.25) is 0 Å². The topological polar surface area (TPSA) is 86.4 Å². The number of carbonyl (C=O) groups excluding carboxylic acids is 2. The van der Waals surface area contributed by atoms with Crippen molar-refractivity contribution in [2.24, 2.45) is 0 Å². The number of nitrogens with one attached hydrogen (secondary N) is 3. The molecule has 166 valence electrons. The van der Waals surface area contributed by atoms with Crippen LogP contribution < -0.4 is 16.0 Å². The number of carbonyl (C=O) groups is 2. The number of aromatic nitrogens is 1. The van der Waals surface area contributed by atoms with E-state index in [0.29, 0.717) is 6.54 Å². The van der Waals surface area contributed by atoms with Crippen molar-refractivity contribution < 1.29 is 9.59 Å². The molecule has 31 heavy (non-hydrogen) atoms. The van der Waals surface area contributed by atoms with Crippen molar-refractivity contribution in [3.05, 3.63) is 59.4 Å². The van der Waals surface area contributed by atoms with E-state index in [2.05, 4.69) is 25.8 Å². The Kier molecular flexibility index (Phi) is 8.00. The lowest BCUT2D eigenvalue weighted by Crippen LogP contribution is -2.47. The Morgan fingerprint density at radius 3 is 2.39 bits per heavy atom. The molecular weight excluding hydrogens is 390 g/mol. The first-order valence-electron chi connectivity index (χ1n) is 11.0. The summed E-state index contributed by atoms with van der Waals surface area (Å²) in [6, 6.07) is 13.6. The molecule has 0 bridgehead atoms. The van der Waals surface area contributed by atoms with E-state index < -0.39 is 0 Å². The van der Waals surface area contributed by atoms with Gasteiger partial charge in [0, 0.05) is 49.3 Å². The number of hydrogen-bond donors (Lipinski definition) is 3. The molecule has 1 atom stereocenters. The van der Waals surface area contributed by atoms with Crippen LogP contribution in [0.1, 0.15) is 42.6 Å². The number of amides is 3. The number of hydrogen-bond acceptors (Lipinski definition) is 4. The predicted molar refractivity (Wildman–Crippen MR) is 123 cm³/mol. The highest BCUT2D eigenvalue weighted by Crippen LogP contribution is 2.17. The van der Waals surface area contributed by atoms with E-state index in [4.69, 9.17) is 0 Å². The van der Waals surface area contributed by atoms with Gasteiger partial charge in [-0.2, -0.15) is 0 Å².